The third kappa shape index (κ3) is 5.03. The third-order valence-corrected chi connectivity index (χ3v) is 7.79. The molecular weight excluding hydrogens is 456 g/mol. The fourth-order valence-corrected chi connectivity index (χ4v) is 5.04. The molecule has 1 amide bonds. The number of benzene rings is 2. The van der Waals surface area contributed by atoms with E-state index in [0.29, 0.717) is 18.7 Å². The highest BCUT2D eigenvalue weighted by Crippen LogP contribution is 2.23. The Morgan fingerprint density at radius 1 is 0.969 bits per heavy atom. The molecule has 0 aliphatic heterocycles. The highest BCUT2D eigenvalue weighted by Gasteiger charge is 2.22. The van der Waals surface area contributed by atoms with Crippen molar-refractivity contribution in [2.45, 2.75) is 23.6 Å². The second-order valence-electron chi connectivity index (χ2n) is 6.78. The van der Waals surface area contributed by atoms with Crippen molar-refractivity contribution in [3.8, 4) is 11.5 Å². The van der Waals surface area contributed by atoms with E-state index in [1.807, 2.05) is 0 Å². The van der Waals surface area contributed by atoms with Crippen molar-refractivity contribution in [1.82, 2.24) is 14.5 Å². The first-order valence-electron chi connectivity index (χ1n) is 9.61. The number of rotatable bonds is 8. The number of amides is 1. The summed E-state index contributed by atoms with van der Waals surface area (Å²) in [5, 5.41) is 10.0. The van der Waals surface area contributed by atoms with Crippen molar-refractivity contribution in [2.75, 3.05) is 24.7 Å². The molecule has 0 atom stereocenters. The van der Waals surface area contributed by atoms with Gasteiger partial charge >= 0.3 is 6.01 Å². The summed E-state index contributed by atoms with van der Waals surface area (Å²) in [7, 11) is -7.04. The SMILES string of the molecule is CCN(CC)S(=O)(=O)c1ccc(C(=O)Nc2nnc(-c3cccc(S(C)(=O)=O)c3)o2)cc1. The summed E-state index contributed by atoms with van der Waals surface area (Å²) in [6, 6.07) is 11.3. The minimum Gasteiger partial charge on any atom is -0.403 e. The summed E-state index contributed by atoms with van der Waals surface area (Å²) in [5.74, 6) is -0.539. The topological polar surface area (TPSA) is 140 Å². The lowest BCUT2D eigenvalue weighted by Gasteiger charge is -2.18. The summed E-state index contributed by atoms with van der Waals surface area (Å²) in [6.45, 7) is 4.18. The molecule has 1 heterocycles. The molecule has 3 rings (SSSR count). The van der Waals surface area contributed by atoms with E-state index in [2.05, 4.69) is 15.5 Å². The van der Waals surface area contributed by atoms with Crippen molar-refractivity contribution < 1.29 is 26.0 Å². The van der Waals surface area contributed by atoms with E-state index in [0.717, 1.165) is 6.26 Å². The lowest BCUT2D eigenvalue weighted by Crippen LogP contribution is -2.30. The Balaban J connectivity index is 1.76. The van der Waals surface area contributed by atoms with Crippen LogP contribution in [0.4, 0.5) is 6.01 Å². The zero-order valence-corrected chi connectivity index (χ0v) is 19.3. The smallest absolute Gasteiger partial charge is 0.322 e. The van der Waals surface area contributed by atoms with Crippen LogP contribution < -0.4 is 5.32 Å². The molecule has 0 fully saturated rings. The molecule has 0 aliphatic rings. The quantitative estimate of drug-likeness (QED) is 0.521. The minimum atomic E-state index is -3.63. The molecule has 1 aromatic heterocycles. The molecule has 0 bridgehead atoms. The van der Waals surface area contributed by atoms with Crippen LogP contribution in [0.2, 0.25) is 0 Å². The zero-order chi connectivity index (χ0) is 23.5. The van der Waals surface area contributed by atoms with Crippen LogP contribution in [0.15, 0.2) is 62.7 Å². The molecule has 170 valence electrons. The molecule has 1 N–H and O–H groups in total. The fourth-order valence-electron chi connectivity index (χ4n) is 2.91. The van der Waals surface area contributed by atoms with E-state index in [1.165, 1.54) is 40.7 Å². The van der Waals surface area contributed by atoms with Crippen LogP contribution in [0.5, 0.6) is 0 Å². The lowest BCUT2D eigenvalue weighted by molar-refractivity contribution is 0.102. The summed E-state index contributed by atoms with van der Waals surface area (Å²) < 4.78 is 55.3. The second-order valence-corrected chi connectivity index (χ2v) is 10.7. The largest absolute Gasteiger partial charge is 0.403 e. The Morgan fingerprint density at radius 2 is 1.62 bits per heavy atom. The van der Waals surface area contributed by atoms with Crippen molar-refractivity contribution in [2.24, 2.45) is 0 Å². The van der Waals surface area contributed by atoms with Crippen molar-refractivity contribution in [3.05, 3.63) is 54.1 Å². The van der Waals surface area contributed by atoms with Crippen molar-refractivity contribution in [3.63, 3.8) is 0 Å². The standard InChI is InChI=1S/C20H22N4O6S2/c1-4-24(5-2)32(28,29)16-11-9-14(10-12-16)18(25)21-20-23-22-19(30-20)15-7-6-8-17(13-15)31(3,26)27/h6-13H,4-5H2,1-3H3,(H,21,23,25). The first-order valence-corrected chi connectivity index (χ1v) is 12.9. The van der Waals surface area contributed by atoms with Gasteiger partial charge in [-0.15, -0.1) is 5.10 Å². The number of sulfonamides is 1. The van der Waals surface area contributed by atoms with Gasteiger partial charge in [-0.05, 0) is 42.5 Å². The van der Waals surface area contributed by atoms with Gasteiger partial charge in [0.1, 0.15) is 0 Å². The van der Waals surface area contributed by atoms with Crippen molar-refractivity contribution in [1.29, 1.82) is 0 Å². The van der Waals surface area contributed by atoms with Crippen LogP contribution in [0.25, 0.3) is 11.5 Å². The van der Waals surface area contributed by atoms with Gasteiger partial charge in [0.25, 0.3) is 5.91 Å². The normalized spacial score (nSPS) is 12.1. The van der Waals surface area contributed by atoms with Gasteiger partial charge in [0.15, 0.2) is 9.84 Å². The van der Waals surface area contributed by atoms with Crippen LogP contribution in [0.3, 0.4) is 0 Å². The number of sulfone groups is 1. The number of aromatic nitrogens is 2. The summed E-state index contributed by atoms with van der Waals surface area (Å²) in [6.07, 6.45) is 1.09. The van der Waals surface area contributed by atoms with Crippen molar-refractivity contribution >= 4 is 31.8 Å². The maximum absolute atomic E-state index is 12.5. The highest BCUT2D eigenvalue weighted by molar-refractivity contribution is 7.90. The van der Waals surface area contributed by atoms with Crippen LogP contribution in [0, 0.1) is 0 Å². The number of nitrogens with zero attached hydrogens (tertiary/aromatic N) is 3. The number of nitrogens with one attached hydrogen (secondary N) is 1. The predicted molar refractivity (Wildman–Crippen MR) is 117 cm³/mol. The minimum absolute atomic E-state index is 0.0338. The first kappa shape index (κ1) is 23.6. The number of carbonyl (C=O) groups is 1. The number of hydrogen-bond donors (Lipinski definition) is 1. The molecule has 3 aromatic rings. The van der Waals surface area contributed by atoms with Crippen LogP contribution in [0.1, 0.15) is 24.2 Å². The first-order chi connectivity index (χ1) is 15.1. The van der Waals surface area contributed by atoms with Gasteiger partial charge in [0, 0.05) is 30.5 Å². The molecule has 0 unspecified atom stereocenters. The van der Waals surface area contributed by atoms with Gasteiger partial charge in [-0.3, -0.25) is 10.1 Å². The summed E-state index contributed by atoms with van der Waals surface area (Å²) in [5.41, 5.74) is 0.578. The Morgan fingerprint density at radius 3 is 2.22 bits per heavy atom. The summed E-state index contributed by atoms with van der Waals surface area (Å²) in [4.78, 5) is 12.7. The van der Waals surface area contributed by atoms with E-state index in [1.54, 1.807) is 26.0 Å². The molecular formula is C20H22N4O6S2. The Hall–Kier alpha value is -3.09. The third-order valence-electron chi connectivity index (χ3n) is 4.61. The van der Waals surface area contributed by atoms with E-state index in [-0.39, 0.29) is 27.3 Å². The van der Waals surface area contributed by atoms with E-state index < -0.39 is 25.8 Å². The lowest BCUT2D eigenvalue weighted by atomic mass is 10.2. The Bertz CT molecular complexity index is 1330. The molecule has 0 saturated heterocycles. The molecule has 0 spiro atoms. The predicted octanol–water partition coefficient (Wildman–Crippen LogP) is 2.42. The van der Waals surface area contributed by atoms with Gasteiger partial charge in [-0.1, -0.05) is 25.0 Å². The average Bonchev–Trinajstić information content (AvgIpc) is 3.22. The highest BCUT2D eigenvalue weighted by atomic mass is 32.2. The number of hydrogen-bond acceptors (Lipinski definition) is 8. The van der Waals surface area contributed by atoms with E-state index in [4.69, 9.17) is 4.42 Å². The Labute approximate surface area is 186 Å². The Kier molecular flexibility index (Phi) is 6.77. The van der Waals surface area contributed by atoms with Crippen LogP contribution in [-0.4, -0.2) is 56.6 Å². The summed E-state index contributed by atoms with van der Waals surface area (Å²) >= 11 is 0. The van der Waals surface area contributed by atoms with E-state index in [9.17, 15) is 21.6 Å². The van der Waals surface area contributed by atoms with Gasteiger partial charge in [-0.2, -0.15) is 4.31 Å². The molecule has 0 saturated carbocycles. The van der Waals surface area contributed by atoms with Crippen LogP contribution in [-0.2, 0) is 19.9 Å². The maximum Gasteiger partial charge on any atom is 0.322 e. The van der Waals surface area contributed by atoms with Crippen LogP contribution >= 0.6 is 0 Å². The molecule has 32 heavy (non-hydrogen) atoms. The zero-order valence-electron chi connectivity index (χ0n) is 17.6. The molecule has 2 aromatic carbocycles. The number of carbonyl (C=O) groups excluding carboxylic acids is 1. The van der Waals surface area contributed by atoms with Gasteiger partial charge in [0.05, 0.1) is 9.79 Å². The van der Waals surface area contributed by atoms with Gasteiger partial charge in [-0.25, -0.2) is 16.8 Å². The number of anilines is 1. The molecule has 0 radical (unpaired) electrons. The van der Waals surface area contributed by atoms with E-state index >= 15 is 0 Å². The maximum atomic E-state index is 12.5. The molecule has 0 aliphatic carbocycles. The van der Waals surface area contributed by atoms with Gasteiger partial charge < -0.3 is 4.42 Å². The second kappa shape index (κ2) is 9.18. The average molecular weight is 479 g/mol. The fraction of sp³-hybridized carbons (Fsp3) is 0.250. The molecule has 10 nitrogen and oxygen atoms in total. The monoisotopic (exact) mass is 478 g/mol. The van der Waals surface area contributed by atoms with Gasteiger partial charge in [0.2, 0.25) is 15.9 Å². The molecule has 12 heteroatoms.